The van der Waals surface area contributed by atoms with Gasteiger partial charge in [-0.15, -0.1) is 11.3 Å². The van der Waals surface area contributed by atoms with Gasteiger partial charge < -0.3 is 8.98 Å². The van der Waals surface area contributed by atoms with E-state index in [9.17, 15) is 0 Å². The van der Waals surface area contributed by atoms with Gasteiger partial charge in [-0.05, 0) is 100 Å². The first kappa shape index (κ1) is 29.4. The Kier molecular flexibility index (Phi) is 5.74. The summed E-state index contributed by atoms with van der Waals surface area (Å²) in [5, 5.41) is 12.4. The molecular formula is C50H27N3OS. The van der Waals surface area contributed by atoms with Crippen LogP contribution in [-0.2, 0) is 0 Å². The summed E-state index contributed by atoms with van der Waals surface area (Å²) in [6, 6.07) is 58.8. The number of aromatic nitrogens is 3. The number of fused-ring (bicyclic) bond motifs is 5. The largest absolute Gasteiger partial charge is 0.456 e. The number of nitrogens with zero attached hydrogens (tertiary/aromatic N) is 3. The second-order valence-corrected chi connectivity index (χ2v) is 15.6. The third-order valence-electron chi connectivity index (χ3n) is 11.5. The summed E-state index contributed by atoms with van der Waals surface area (Å²) >= 11 is 1.89. The van der Waals surface area contributed by atoms with Crippen molar-refractivity contribution < 1.29 is 4.42 Å². The van der Waals surface area contributed by atoms with E-state index in [0.717, 1.165) is 66.6 Å². The standard InChI is InChI=1S/C50H27N3OS/c1-4-12-41-35(9-1)36-27-33(20-24-42(36)54-41)50-49(51-37-10-2-3-11-38(37)52-50)32-16-15-31-26-34(21-17-30(31)25-32)53-39-22-18-28-7-5-13-43-45(28)47(39)48-40(53)23-19-29-8-6-14-44(55-43)46(29)48/h1-27H. The van der Waals surface area contributed by atoms with E-state index in [1.54, 1.807) is 0 Å². The number of hydrogen-bond acceptors (Lipinski definition) is 4. The van der Waals surface area contributed by atoms with Crippen LogP contribution in [0.2, 0.25) is 0 Å². The highest BCUT2D eigenvalue weighted by Crippen LogP contribution is 2.46. The van der Waals surface area contributed by atoms with E-state index < -0.39 is 0 Å². The van der Waals surface area contributed by atoms with Crippen LogP contribution in [-0.4, -0.2) is 14.5 Å². The highest BCUT2D eigenvalue weighted by atomic mass is 32.1. The van der Waals surface area contributed by atoms with Crippen molar-refractivity contribution in [1.82, 2.24) is 14.5 Å². The van der Waals surface area contributed by atoms with Crippen LogP contribution in [0.25, 0.3) is 125 Å². The molecule has 13 aromatic rings. The molecule has 4 heterocycles. The van der Waals surface area contributed by atoms with E-state index in [1.807, 2.05) is 47.7 Å². The molecular weight excluding hydrogens is 691 g/mol. The van der Waals surface area contributed by atoms with Gasteiger partial charge in [0, 0.05) is 58.5 Å². The highest BCUT2D eigenvalue weighted by Gasteiger charge is 2.21. The Morgan fingerprint density at radius 1 is 0.418 bits per heavy atom. The van der Waals surface area contributed by atoms with Crippen LogP contribution in [0.5, 0.6) is 0 Å². The molecule has 0 saturated carbocycles. The molecule has 0 spiro atoms. The molecule has 0 saturated heterocycles. The maximum absolute atomic E-state index is 6.17. The molecule has 0 aliphatic carbocycles. The zero-order valence-electron chi connectivity index (χ0n) is 29.2. The molecule has 5 heteroatoms. The van der Waals surface area contributed by atoms with Crippen LogP contribution in [0.15, 0.2) is 168 Å². The van der Waals surface area contributed by atoms with Gasteiger partial charge in [0.2, 0.25) is 0 Å². The maximum Gasteiger partial charge on any atom is 0.135 e. The first-order chi connectivity index (χ1) is 27.2. The summed E-state index contributed by atoms with van der Waals surface area (Å²) in [7, 11) is 0. The van der Waals surface area contributed by atoms with Crippen LogP contribution >= 0.6 is 11.3 Å². The smallest absolute Gasteiger partial charge is 0.135 e. The summed E-state index contributed by atoms with van der Waals surface area (Å²) in [4.78, 5) is 10.5. The lowest BCUT2D eigenvalue weighted by molar-refractivity contribution is 0.669. The lowest BCUT2D eigenvalue weighted by Crippen LogP contribution is -1.96. The summed E-state index contributed by atoms with van der Waals surface area (Å²) in [6.45, 7) is 0. The van der Waals surface area contributed by atoms with E-state index in [0.29, 0.717) is 0 Å². The van der Waals surface area contributed by atoms with Gasteiger partial charge in [0.15, 0.2) is 0 Å². The topological polar surface area (TPSA) is 43.9 Å². The summed E-state index contributed by atoms with van der Waals surface area (Å²) in [6.07, 6.45) is 0. The summed E-state index contributed by atoms with van der Waals surface area (Å²) in [5.74, 6) is 0. The Balaban J connectivity index is 1.01. The Hall–Kier alpha value is -7.08. The maximum atomic E-state index is 6.17. The predicted octanol–water partition coefficient (Wildman–Crippen LogP) is 14.1. The molecule has 0 N–H and O–H groups in total. The predicted molar refractivity (Wildman–Crippen MR) is 231 cm³/mol. The SMILES string of the molecule is c1ccc2nc(-c3ccc4oc5ccccc5c4c3)c(-c3ccc4cc(-n5c6ccc7cccc8sc9cccc%10ccc5c(c%109)c6c78)ccc4c3)nc2c1. The van der Waals surface area contributed by atoms with E-state index in [-0.39, 0.29) is 0 Å². The summed E-state index contributed by atoms with van der Waals surface area (Å²) < 4.78 is 11.3. The molecule has 254 valence electrons. The Labute approximate surface area is 317 Å². The van der Waals surface area contributed by atoms with Gasteiger partial charge in [0.1, 0.15) is 11.2 Å². The van der Waals surface area contributed by atoms with Crippen molar-refractivity contribution in [3.63, 3.8) is 0 Å². The average Bonchev–Trinajstić information content (AvgIpc) is 3.73. The van der Waals surface area contributed by atoms with Crippen LogP contribution in [0.3, 0.4) is 0 Å². The second kappa shape index (κ2) is 10.8. The lowest BCUT2D eigenvalue weighted by atomic mass is 9.99. The summed E-state index contributed by atoms with van der Waals surface area (Å²) in [5.41, 5.74) is 10.8. The number of rotatable bonds is 3. The molecule has 4 nitrogen and oxygen atoms in total. The molecule has 0 aliphatic rings. The van der Waals surface area contributed by atoms with Crippen molar-refractivity contribution in [1.29, 1.82) is 0 Å². The van der Waals surface area contributed by atoms with Gasteiger partial charge in [-0.25, -0.2) is 9.97 Å². The quantitative estimate of drug-likeness (QED) is 0.183. The van der Waals surface area contributed by atoms with Gasteiger partial charge in [0.05, 0.1) is 33.5 Å². The highest BCUT2D eigenvalue weighted by molar-refractivity contribution is 7.24. The molecule has 0 aliphatic heterocycles. The van der Waals surface area contributed by atoms with Crippen LogP contribution in [0.4, 0.5) is 0 Å². The molecule has 0 bridgehead atoms. The fourth-order valence-corrected chi connectivity index (χ4v) is 10.2. The average molecular weight is 718 g/mol. The second-order valence-electron chi connectivity index (χ2n) is 14.5. The minimum absolute atomic E-state index is 0.852. The van der Waals surface area contributed by atoms with Crippen molar-refractivity contribution in [2.45, 2.75) is 0 Å². The fraction of sp³-hybridized carbons (Fsp3) is 0. The molecule has 13 rings (SSSR count). The normalized spacial score (nSPS) is 12.4. The molecule has 0 fully saturated rings. The monoisotopic (exact) mass is 717 g/mol. The molecule has 0 amide bonds. The van der Waals surface area contributed by atoms with Gasteiger partial charge in [0.25, 0.3) is 0 Å². The van der Waals surface area contributed by atoms with Crippen molar-refractivity contribution >= 4 is 108 Å². The molecule has 55 heavy (non-hydrogen) atoms. The Bertz CT molecular complexity index is 3630. The van der Waals surface area contributed by atoms with Crippen LogP contribution in [0.1, 0.15) is 0 Å². The molecule has 0 atom stereocenters. The van der Waals surface area contributed by atoms with Crippen LogP contribution in [0, 0.1) is 0 Å². The van der Waals surface area contributed by atoms with Crippen molar-refractivity contribution in [3.05, 3.63) is 164 Å². The minimum Gasteiger partial charge on any atom is -0.456 e. The molecule has 0 unspecified atom stereocenters. The van der Waals surface area contributed by atoms with Crippen molar-refractivity contribution in [2.24, 2.45) is 0 Å². The zero-order chi connectivity index (χ0) is 35.8. The first-order valence-electron chi connectivity index (χ1n) is 18.6. The molecule has 0 radical (unpaired) electrons. The number of furan rings is 1. The van der Waals surface area contributed by atoms with Gasteiger partial charge in [-0.3, -0.25) is 0 Å². The molecule has 9 aromatic carbocycles. The molecule has 4 aromatic heterocycles. The Morgan fingerprint density at radius 3 is 1.73 bits per heavy atom. The van der Waals surface area contributed by atoms with Crippen LogP contribution < -0.4 is 0 Å². The first-order valence-corrected chi connectivity index (χ1v) is 19.4. The van der Waals surface area contributed by atoms with Gasteiger partial charge >= 0.3 is 0 Å². The third-order valence-corrected chi connectivity index (χ3v) is 12.6. The van der Waals surface area contributed by atoms with Crippen molar-refractivity contribution in [2.75, 3.05) is 0 Å². The van der Waals surface area contributed by atoms with E-state index in [4.69, 9.17) is 14.4 Å². The number of para-hydroxylation sites is 3. The van der Waals surface area contributed by atoms with Gasteiger partial charge in [-0.2, -0.15) is 0 Å². The fourth-order valence-electron chi connectivity index (χ4n) is 9.04. The van der Waals surface area contributed by atoms with Gasteiger partial charge in [-0.1, -0.05) is 84.9 Å². The van der Waals surface area contributed by atoms with E-state index in [1.165, 1.54) is 58.1 Å². The third kappa shape index (κ3) is 4.10. The zero-order valence-corrected chi connectivity index (χ0v) is 30.1. The van der Waals surface area contributed by atoms with E-state index in [2.05, 4.69) is 132 Å². The van der Waals surface area contributed by atoms with Crippen molar-refractivity contribution in [3.8, 4) is 28.2 Å². The Morgan fingerprint density at radius 2 is 1.00 bits per heavy atom. The number of benzene rings is 9. The minimum atomic E-state index is 0.852. The lowest BCUT2D eigenvalue weighted by Gasteiger charge is -2.13. The number of hydrogen-bond donors (Lipinski definition) is 0. The van der Waals surface area contributed by atoms with E-state index >= 15 is 0 Å².